The predicted molar refractivity (Wildman–Crippen MR) is 121 cm³/mol. The van der Waals surface area contributed by atoms with Crippen molar-refractivity contribution in [3.63, 3.8) is 0 Å². The van der Waals surface area contributed by atoms with Crippen LogP contribution in [-0.4, -0.2) is 30.6 Å². The van der Waals surface area contributed by atoms with E-state index in [1.54, 1.807) is 18.2 Å². The number of halogens is 1. The molecule has 3 rings (SSSR count). The Morgan fingerprint density at radius 1 is 1.23 bits per heavy atom. The summed E-state index contributed by atoms with van der Waals surface area (Å²) in [6.07, 6.45) is 1.46. The molecule has 1 aliphatic heterocycles. The van der Waals surface area contributed by atoms with E-state index in [-0.39, 0.29) is 10.7 Å². The summed E-state index contributed by atoms with van der Waals surface area (Å²) in [5.41, 5.74) is 2.99. The number of anilines is 1. The fourth-order valence-corrected chi connectivity index (χ4v) is 3.68. The number of amides is 2. The van der Waals surface area contributed by atoms with Gasteiger partial charge < -0.3 is 9.47 Å². The number of nitrogens with one attached hydrogen (secondary N) is 1. The molecule has 0 saturated carbocycles. The molecular weight excluding hydrogens is 424 g/mol. The Kier molecular flexibility index (Phi) is 6.43. The van der Waals surface area contributed by atoms with E-state index in [1.165, 1.54) is 18.1 Å². The molecule has 0 bridgehead atoms. The second-order valence-corrected chi connectivity index (χ2v) is 7.44. The Hall–Kier alpha value is -2.90. The van der Waals surface area contributed by atoms with Gasteiger partial charge in [-0.25, -0.2) is 0 Å². The number of hydrogen-bond donors (Lipinski definition) is 1. The Labute approximate surface area is 185 Å². The number of rotatable bonds is 5. The number of ether oxygens (including phenoxy) is 2. The third kappa shape index (κ3) is 4.04. The molecule has 0 atom stereocenters. The number of carbonyl (C=O) groups is 2. The molecule has 1 heterocycles. The van der Waals surface area contributed by atoms with E-state index >= 15 is 0 Å². The van der Waals surface area contributed by atoms with Crippen LogP contribution in [0, 0.1) is 13.8 Å². The fourth-order valence-electron chi connectivity index (χ4n) is 3.13. The third-order valence-corrected chi connectivity index (χ3v) is 5.34. The van der Waals surface area contributed by atoms with Crippen LogP contribution < -0.4 is 19.7 Å². The summed E-state index contributed by atoms with van der Waals surface area (Å²) in [5, 5.41) is 2.94. The molecule has 1 aliphatic rings. The zero-order valence-electron chi connectivity index (χ0n) is 17.0. The molecule has 1 N–H and O–H groups in total. The van der Waals surface area contributed by atoms with E-state index in [1.807, 2.05) is 32.9 Å². The normalized spacial score (nSPS) is 15.4. The molecule has 2 amide bonds. The van der Waals surface area contributed by atoms with Crippen LogP contribution in [0.15, 0.2) is 35.9 Å². The van der Waals surface area contributed by atoms with Crippen molar-refractivity contribution in [2.75, 3.05) is 18.6 Å². The number of benzene rings is 2. The number of nitrogens with zero attached hydrogens (tertiary/aromatic N) is 1. The Morgan fingerprint density at radius 3 is 2.63 bits per heavy atom. The minimum atomic E-state index is -0.574. The number of methoxy groups -OCH3 is 1. The van der Waals surface area contributed by atoms with Crippen molar-refractivity contribution in [2.24, 2.45) is 0 Å². The van der Waals surface area contributed by atoms with Gasteiger partial charge in [0.1, 0.15) is 5.57 Å². The molecule has 0 aromatic heterocycles. The van der Waals surface area contributed by atoms with Crippen molar-refractivity contribution in [3.05, 3.63) is 57.6 Å². The zero-order chi connectivity index (χ0) is 22.0. The van der Waals surface area contributed by atoms with Crippen molar-refractivity contribution < 1.29 is 19.1 Å². The van der Waals surface area contributed by atoms with Crippen LogP contribution in [0.25, 0.3) is 6.08 Å². The summed E-state index contributed by atoms with van der Waals surface area (Å²) in [6.45, 7) is 6.10. The average Bonchev–Trinajstić information content (AvgIpc) is 2.70. The first-order valence-electron chi connectivity index (χ1n) is 9.26. The van der Waals surface area contributed by atoms with Crippen molar-refractivity contribution in [3.8, 4) is 11.5 Å². The highest BCUT2D eigenvalue weighted by Crippen LogP contribution is 2.37. The molecule has 2 aromatic carbocycles. The number of thiocarbonyl (C=S) groups is 1. The molecule has 30 heavy (non-hydrogen) atoms. The predicted octanol–water partition coefficient (Wildman–Crippen LogP) is 4.20. The lowest BCUT2D eigenvalue weighted by molar-refractivity contribution is -0.122. The molecule has 2 aromatic rings. The molecule has 0 aliphatic carbocycles. The number of carbonyl (C=O) groups excluding carboxylic acids is 2. The van der Waals surface area contributed by atoms with E-state index in [0.29, 0.717) is 34.4 Å². The highest BCUT2D eigenvalue weighted by Gasteiger charge is 2.35. The highest BCUT2D eigenvalue weighted by molar-refractivity contribution is 7.80. The van der Waals surface area contributed by atoms with Crippen LogP contribution in [0.1, 0.15) is 23.6 Å². The molecule has 1 saturated heterocycles. The van der Waals surface area contributed by atoms with Gasteiger partial charge in [0.05, 0.1) is 24.4 Å². The molecular formula is C22H21ClN2O4S. The van der Waals surface area contributed by atoms with Crippen LogP contribution in [-0.2, 0) is 9.59 Å². The van der Waals surface area contributed by atoms with Crippen LogP contribution in [0.4, 0.5) is 5.69 Å². The SMILES string of the molecule is CCOc1c(Cl)cc(C=C2C(=O)NC(=S)N(c3cccc(C)c3C)C2=O)cc1OC. The van der Waals surface area contributed by atoms with Crippen molar-refractivity contribution in [1.82, 2.24) is 5.32 Å². The van der Waals surface area contributed by atoms with Crippen LogP contribution in [0.3, 0.4) is 0 Å². The summed E-state index contributed by atoms with van der Waals surface area (Å²) in [4.78, 5) is 27.1. The summed E-state index contributed by atoms with van der Waals surface area (Å²) in [7, 11) is 1.49. The lowest BCUT2D eigenvalue weighted by atomic mass is 10.0. The largest absolute Gasteiger partial charge is 0.493 e. The van der Waals surface area contributed by atoms with Gasteiger partial charge in [0, 0.05) is 0 Å². The van der Waals surface area contributed by atoms with Crippen molar-refractivity contribution >= 4 is 52.5 Å². The standard InChI is InChI=1S/C22H21ClN2O4S/c1-5-29-19-16(23)10-14(11-18(19)28-4)9-15-20(26)24-22(30)25(21(15)27)17-8-6-7-12(2)13(17)3/h6-11H,5H2,1-4H3,(H,24,26,30). The van der Waals surface area contributed by atoms with Crippen molar-refractivity contribution in [1.29, 1.82) is 0 Å². The summed E-state index contributed by atoms with van der Waals surface area (Å²) in [6, 6.07) is 8.83. The Morgan fingerprint density at radius 2 is 1.97 bits per heavy atom. The summed E-state index contributed by atoms with van der Waals surface area (Å²) >= 11 is 11.6. The van der Waals surface area contributed by atoms with E-state index in [0.717, 1.165) is 11.1 Å². The molecule has 8 heteroatoms. The third-order valence-electron chi connectivity index (χ3n) is 4.77. The molecule has 0 unspecified atom stereocenters. The average molecular weight is 445 g/mol. The second kappa shape index (κ2) is 8.85. The maximum atomic E-state index is 13.2. The Balaban J connectivity index is 2.07. The highest BCUT2D eigenvalue weighted by atomic mass is 35.5. The first-order chi connectivity index (χ1) is 14.3. The quantitative estimate of drug-likeness (QED) is 0.425. The molecule has 156 valence electrons. The molecule has 0 radical (unpaired) electrons. The zero-order valence-corrected chi connectivity index (χ0v) is 18.6. The van der Waals surface area contributed by atoms with Gasteiger partial charge in [-0.3, -0.25) is 19.8 Å². The van der Waals surface area contributed by atoms with E-state index in [4.69, 9.17) is 33.3 Å². The van der Waals surface area contributed by atoms with Crippen molar-refractivity contribution in [2.45, 2.75) is 20.8 Å². The van der Waals surface area contributed by atoms with Crippen LogP contribution in [0.5, 0.6) is 11.5 Å². The monoisotopic (exact) mass is 444 g/mol. The first-order valence-corrected chi connectivity index (χ1v) is 10.0. The number of hydrogen-bond acceptors (Lipinski definition) is 5. The van der Waals surface area contributed by atoms with Gasteiger partial charge in [-0.15, -0.1) is 0 Å². The van der Waals surface area contributed by atoms with E-state index < -0.39 is 11.8 Å². The smallest absolute Gasteiger partial charge is 0.270 e. The van der Waals surface area contributed by atoms with Gasteiger partial charge in [-0.1, -0.05) is 23.7 Å². The Bertz CT molecular complexity index is 1080. The lowest BCUT2D eigenvalue weighted by Crippen LogP contribution is -2.54. The minimum absolute atomic E-state index is 0.0400. The summed E-state index contributed by atoms with van der Waals surface area (Å²) < 4.78 is 10.9. The van der Waals surface area contributed by atoms with E-state index in [9.17, 15) is 9.59 Å². The first kappa shape index (κ1) is 21.8. The topological polar surface area (TPSA) is 67.9 Å². The summed E-state index contributed by atoms with van der Waals surface area (Å²) in [5.74, 6) is -0.278. The van der Waals surface area contributed by atoms with Crippen LogP contribution >= 0.6 is 23.8 Å². The van der Waals surface area contributed by atoms with Gasteiger partial charge in [0.15, 0.2) is 16.6 Å². The second-order valence-electron chi connectivity index (χ2n) is 6.64. The van der Waals surface area contributed by atoms with Crippen LogP contribution in [0.2, 0.25) is 5.02 Å². The fraction of sp³-hybridized carbons (Fsp3) is 0.227. The van der Waals surface area contributed by atoms with Gasteiger partial charge in [-0.05, 0) is 74.0 Å². The maximum Gasteiger partial charge on any atom is 0.270 e. The van der Waals surface area contributed by atoms with Gasteiger partial charge in [0.25, 0.3) is 11.8 Å². The van der Waals surface area contributed by atoms with E-state index in [2.05, 4.69) is 5.32 Å². The maximum absolute atomic E-state index is 13.2. The lowest BCUT2D eigenvalue weighted by Gasteiger charge is -2.30. The number of aryl methyl sites for hydroxylation is 1. The van der Waals surface area contributed by atoms with Gasteiger partial charge in [-0.2, -0.15) is 0 Å². The minimum Gasteiger partial charge on any atom is -0.493 e. The van der Waals surface area contributed by atoms with Gasteiger partial charge in [0.2, 0.25) is 0 Å². The van der Waals surface area contributed by atoms with Gasteiger partial charge >= 0.3 is 0 Å². The molecule has 1 fully saturated rings. The molecule has 6 nitrogen and oxygen atoms in total. The molecule has 0 spiro atoms.